The van der Waals surface area contributed by atoms with Crippen molar-refractivity contribution in [3.8, 4) is 0 Å². The van der Waals surface area contributed by atoms with Crippen LogP contribution < -0.4 is 4.72 Å². The number of cyclic esters (lactones) is 1. The molecule has 1 unspecified atom stereocenters. The first kappa shape index (κ1) is 29.3. The second kappa shape index (κ2) is 12.6. The number of nitrogens with one attached hydrogen (secondary N) is 1. The molecule has 0 amide bonds. The molecular formula is C27H31F3N2O5S. The predicted octanol–water partition coefficient (Wildman–Crippen LogP) is 6.49. The SMILES string of the molecule is CCCC1CC(OCC(=O)OC(C)(C)C)=C(Cc2cccc(NSc3ccc(C(F)(F)F)cn3)c2)C(=O)O1. The normalized spacial score (nSPS) is 16.2. The lowest BCUT2D eigenvalue weighted by atomic mass is 9.97. The number of aromatic nitrogens is 1. The van der Waals surface area contributed by atoms with Gasteiger partial charge < -0.3 is 18.9 Å². The van der Waals surface area contributed by atoms with Gasteiger partial charge in [0.25, 0.3) is 0 Å². The van der Waals surface area contributed by atoms with Gasteiger partial charge in [0.2, 0.25) is 0 Å². The van der Waals surface area contributed by atoms with Crippen molar-refractivity contribution >= 4 is 29.6 Å². The Labute approximate surface area is 224 Å². The van der Waals surface area contributed by atoms with E-state index in [4.69, 9.17) is 14.2 Å². The number of hydrogen-bond acceptors (Lipinski definition) is 8. The zero-order chi connectivity index (χ0) is 27.9. The summed E-state index contributed by atoms with van der Waals surface area (Å²) in [5, 5.41) is 0.363. The van der Waals surface area contributed by atoms with E-state index in [1.54, 1.807) is 39.0 Å². The first-order chi connectivity index (χ1) is 17.8. The highest BCUT2D eigenvalue weighted by molar-refractivity contribution is 8.00. The van der Waals surface area contributed by atoms with Crippen LogP contribution in [0.2, 0.25) is 0 Å². The van der Waals surface area contributed by atoms with Gasteiger partial charge in [-0.3, -0.25) is 0 Å². The zero-order valence-electron chi connectivity index (χ0n) is 21.7. The maximum atomic E-state index is 12.9. The summed E-state index contributed by atoms with van der Waals surface area (Å²) in [5.41, 5.74) is 0.293. The van der Waals surface area contributed by atoms with E-state index in [1.165, 1.54) is 6.07 Å². The molecule has 1 aliphatic rings. The van der Waals surface area contributed by atoms with Crippen molar-refractivity contribution < 1.29 is 37.0 Å². The van der Waals surface area contributed by atoms with Crippen molar-refractivity contribution in [2.24, 2.45) is 0 Å². The Morgan fingerprint density at radius 2 is 1.97 bits per heavy atom. The maximum absolute atomic E-state index is 12.9. The summed E-state index contributed by atoms with van der Waals surface area (Å²) in [7, 11) is 0. The minimum atomic E-state index is -4.45. The van der Waals surface area contributed by atoms with Gasteiger partial charge in [-0.15, -0.1) is 0 Å². The Hall–Kier alpha value is -3.21. The molecule has 0 radical (unpaired) electrons. The number of carbonyl (C=O) groups is 2. The van der Waals surface area contributed by atoms with Gasteiger partial charge in [0, 0.05) is 36.7 Å². The lowest BCUT2D eigenvalue weighted by Gasteiger charge is -2.27. The summed E-state index contributed by atoms with van der Waals surface area (Å²) in [6.45, 7) is 6.96. The molecule has 0 saturated heterocycles. The highest BCUT2D eigenvalue weighted by Crippen LogP contribution is 2.31. The molecule has 11 heteroatoms. The molecule has 38 heavy (non-hydrogen) atoms. The molecular weight excluding hydrogens is 521 g/mol. The average Bonchev–Trinajstić information content (AvgIpc) is 2.82. The number of halogens is 3. The smallest absolute Gasteiger partial charge is 0.417 e. The van der Waals surface area contributed by atoms with Gasteiger partial charge in [0.05, 0.1) is 11.1 Å². The number of hydrogen-bond donors (Lipinski definition) is 1. The Morgan fingerprint density at radius 3 is 2.61 bits per heavy atom. The highest BCUT2D eigenvalue weighted by atomic mass is 32.2. The number of rotatable bonds is 10. The van der Waals surface area contributed by atoms with Crippen LogP contribution in [0.1, 0.15) is 58.1 Å². The van der Waals surface area contributed by atoms with E-state index < -0.39 is 29.3 Å². The minimum absolute atomic E-state index is 0.208. The van der Waals surface area contributed by atoms with Gasteiger partial charge in [0.15, 0.2) is 6.61 Å². The Bertz CT molecular complexity index is 1160. The fourth-order valence-electron chi connectivity index (χ4n) is 3.69. The summed E-state index contributed by atoms with van der Waals surface area (Å²) in [6.07, 6.45) is -1.92. The summed E-state index contributed by atoms with van der Waals surface area (Å²) < 4.78 is 58.0. The Morgan fingerprint density at radius 1 is 1.21 bits per heavy atom. The van der Waals surface area contributed by atoms with E-state index in [0.29, 0.717) is 34.9 Å². The molecule has 7 nitrogen and oxygen atoms in total. The molecule has 0 saturated carbocycles. The molecule has 1 atom stereocenters. The number of alkyl halides is 3. The van der Waals surface area contributed by atoms with Crippen LogP contribution in [-0.4, -0.2) is 35.2 Å². The standard InChI is InChI=1S/C27H31F3N2O5S/c1-5-7-20-14-22(35-16-24(33)37-26(2,3)4)21(25(34)36-20)13-17-8-6-9-19(12-17)32-38-23-11-10-18(15-31-23)27(28,29)30/h6,8-12,15,20,32H,5,7,13-14,16H2,1-4H3. The van der Waals surface area contributed by atoms with Gasteiger partial charge in [-0.25, -0.2) is 14.6 Å². The van der Waals surface area contributed by atoms with Crippen LogP contribution in [0.25, 0.3) is 0 Å². The molecule has 3 rings (SSSR count). The third kappa shape index (κ3) is 8.97. The average molecular weight is 553 g/mol. The monoisotopic (exact) mass is 552 g/mol. The molecule has 0 fully saturated rings. The van der Waals surface area contributed by atoms with Crippen molar-refractivity contribution in [2.75, 3.05) is 11.3 Å². The molecule has 1 N–H and O–H groups in total. The summed E-state index contributed by atoms with van der Waals surface area (Å²) >= 11 is 1.06. The number of pyridine rings is 1. The van der Waals surface area contributed by atoms with Crippen molar-refractivity contribution in [3.63, 3.8) is 0 Å². The van der Waals surface area contributed by atoms with Crippen LogP contribution in [0.5, 0.6) is 0 Å². The first-order valence-corrected chi connectivity index (χ1v) is 13.0. The van der Waals surface area contributed by atoms with Crippen molar-refractivity contribution in [2.45, 2.75) is 76.3 Å². The van der Waals surface area contributed by atoms with Crippen LogP contribution in [0.3, 0.4) is 0 Å². The third-order valence-electron chi connectivity index (χ3n) is 5.31. The van der Waals surface area contributed by atoms with E-state index in [2.05, 4.69) is 9.71 Å². The van der Waals surface area contributed by atoms with Gasteiger partial charge >= 0.3 is 18.1 Å². The zero-order valence-corrected chi connectivity index (χ0v) is 22.5. The predicted molar refractivity (Wildman–Crippen MR) is 137 cm³/mol. The number of ether oxygens (including phenoxy) is 3. The molecule has 1 aromatic carbocycles. The van der Waals surface area contributed by atoms with Crippen LogP contribution in [-0.2, 0) is 36.4 Å². The lowest BCUT2D eigenvalue weighted by Crippen LogP contribution is -2.30. The fraction of sp³-hybridized carbons (Fsp3) is 0.444. The second-order valence-corrected chi connectivity index (χ2v) is 10.6. The van der Waals surface area contributed by atoms with Crippen LogP contribution in [0.15, 0.2) is 59.0 Å². The number of nitrogens with zero attached hydrogens (tertiary/aromatic N) is 1. The van der Waals surface area contributed by atoms with Crippen LogP contribution >= 0.6 is 11.9 Å². The molecule has 0 bridgehead atoms. The summed E-state index contributed by atoms with van der Waals surface area (Å²) in [4.78, 5) is 28.9. The van der Waals surface area contributed by atoms with Crippen LogP contribution in [0.4, 0.5) is 18.9 Å². The van der Waals surface area contributed by atoms with E-state index in [0.717, 1.165) is 36.2 Å². The highest BCUT2D eigenvalue weighted by Gasteiger charge is 2.31. The summed E-state index contributed by atoms with van der Waals surface area (Å²) in [5.74, 6) is -0.613. The molecule has 2 heterocycles. The summed E-state index contributed by atoms with van der Waals surface area (Å²) in [6, 6.07) is 9.46. The van der Waals surface area contributed by atoms with Crippen molar-refractivity contribution in [3.05, 3.63) is 65.1 Å². The number of esters is 2. The molecule has 0 spiro atoms. The third-order valence-corrected chi connectivity index (χ3v) is 6.10. The van der Waals surface area contributed by atoms with Crippen molar-refractivity contribution in [1.82, 2.24) is 4.98 Å². The Kier molecular flexibility index (Phi) is 9.70. The number of benzene rings is 1. The largest absolute Gasteiger partial charge is 0.486 e. The number of carbonyl (C=O) groups excluding carboxylic acids is 2. The maximum Gasteiger partial charge on any atom is 0.417 e. The van der Waals surface area contributed by atoms with E-state index in [-0.39, 0.29) is 19.1 Å². The van der Waals surface area contributed by atoms with E-state index >= 15 is 0 Å². The van der Waals surface area contributed by atoms with Gasteiger partial charge in [-0.1, -0.05) is 25.5 Å². The number of anilines is 1. The molecule has 1 aromatic heterocycles. The van der Waals surface area contributed by atoms with Crippen LogP contribution in [0, 0.1) is 0 Å². The first-order valence-electron chi connectivity index (χ1n) is 12.2. The molecule has 0 aliphatic carbocycles. The molecule has 2 aromatic rings. The van der Waals surface area contributed by atoms with E-state index in [9.17, 15) is 22.8 Å². The van der Waals surface area contributed by atoms with Crippen molar-refractivity contribution in [1.29, 1.82) is 0 Å². The molecule has 1 aliphatic heterocycles. The van der Waals surface area contributed by atoms with Gasteiger partial charge in [-0.05, 0) is 57.0 Å². The van der Waals surface area contributed by atoms with Gasteiger partial charge in [-0.2, -0.15) is 13.2 Å². The van der Waals surface area contributed by atoms with E-state index in [1.807, 2.05) is 13.0 Å². The minimum Gasteiger partial charge on any atom is -0.486 e. The Balaban J connectivity index is 1.72. The lowest BCUT2D eigenvalue weighted by molar-refractivity contribution is -0.160. The fourth-order valence-corrected chi connectivity index (χ4v) is 4.28. The van der Waals surface area contributed by atoms with Gasteiger partial charge in [0.1, 0.15) is 22.5 Å². The second-order valence-electron chi connectivity index (χ2n) is 9.76. The quantitative estimate of drug-likeness (QED) is 0.264. The topological polar surface area (TPSA) is 86.8 Å². The molecule has 206 valence electrons.